The molecule has 1 aromatic rings. The summed E-state index contributed by atoms with van der Waals surface area (Å²) in [6.07, 6.45) is 4.80. The molecule has 1 saturated heterocycles. The molecule has 0 atom stereocenters. The molecule has 0 aliphatic carbocycles. The monoisotopic (exact) mass is 316 g/mol. The van der Waals surface area contributed by atoms with E-state index in [0.29, 0.717) is 18.4 Å². The number of para-hydroxylation sites is 1. The normalized spacial score (nSPS) is 15.8. The first-order chi connectivity index (χ1) is 11.0. The minimum Gasteiger partial charge on any atom is -0.376 e. The highest BCUT2D eigenvalue weighted by Gasteiger charge is 2.18. The molecule has 0 bridgehead atoms. The van der Waals surface area contributed by atoms with Gasteiger partial charge in [0.05, 0.1) is 6.54 Å². The van der Waals surface area contributed by atoms with Gasteiger partial charge in [-0.3, -0.25) is 4.79 Å². The quantitative estimate of drug-likeness (QED) is 0.850. The van der Waals surface area contributed by atoms with Crippen molar-refractivity contribution < 1.29 is 4.79 Å². The van der Waals surface area contributed by atoms with Gasteiger partial charge in [-0.05, 0) is 35.8 Å². The zero-order chi connectivity index (χ0) is 16.8. The number of benzene rings is 1. The summed E-state index contributed by atoms with van der Waals surface area (Å²) in [7, 11) is 0. The molecule has 0 saturated carbocycles. The van der Waals surface area contributed by atoms with Crippen LogP contribution in [0.5, 0.6) is 0 Å². The van der Waals surface area contributed by atoms with Gasteiger partial charge in [0.2, 0.25) is 5.91 Å². The Kier molecular flexibility index (Phi) is 6.49. The van der Waals surface area contributed by atoms with Crippen molar-refractivity contribution in [2.75, 3.05) is 25.0 Å². The van der Waals surface area contributed by atoms with Gasteiger partial charge < -0.3 is 10.2 Å². The third-order valence-electron chi connectivity index (χ3n) is 4.75. The fourth-order valence-electron chi connectivity index (χ4n) is 3.35. The highest BCUT2D eigenvalue weighted by atomic mass is 16.2. The van der Waals surface area contributed by atoms with Gasteiger partial charge in [0, 0.05) is 18.8 Å². The predicted molar refractivity (Wildman–Crippen MR) is 98.2 cm³/mol. The summed E-state index contributed by atoms with van der Waals surface area (Å²) in [5.74, 6) is 1.13. The Balaban J connectivity index is 2.10. The molecule has 1 aromatic carbocycles. The van der Waals surface area contributed by atoms with Gasteiger partial charge in [0.15, 0.2) is 0 Å². The summed E-state index contributed by atoms with van der Waals surface area (Å²) in [6.45, 7) is 11.1. The molecule has 2 rings (SSSR count). The first kappa shape index (κ1) is 17.8. The Morgan fingerprint density at radius 3 is 2.00 bits per heavy atom. The Bertz CT molecular complexity index is 488. The number of nitrogens with one attached hydrogen (secondary N) is 1. The van der Waals surface area contributed by atoms with Gasteiger partial charge in [0.25, 0.3) is 0 Å². The van der Waals surface area contributed by atoms with Crippen molar-refractivity contribution in [3.63, 3.8) is 0 Å². The second kappa shape index (κ2) is 8.37. The summed E-state index contributed by atoms with van der Waals surface area (Å²) in [6, 6.07) is 6.48. The number of carbonyl (C=O) groups excluding carboxylic acids is 1. The van der Waals surface area contributed by atoms with Crippen molar-refractivity contribution in [3.8, 4) is 0 Å². The molecule has 1 fully saturated rings. The third kappa shape index (κ3) is 4.73. The highest BCUT2D eigenvalue weighted by molar-refractivity contribution is 5.81. The van der Waals surface area contributed by atoms with Crippen LogP contribution < -0.4 is 5.32 Å². The van der Waals surface area contributed by atoms with Crippen molar-refractivity contribution in [3.05, 3.63) is 29.3 Å². The number of likely N-dealkylation sites (tertiary alicyclic amines) is 1. The minimum absolute atomic E-state index is 0.236. The van der Waals surface area contributed by atoms with E-state index in [9.17, 15) is 4.79 Å². The highest BCUT2D eigenvalue weighted by Crippen LogP contribution is 2.32. The number of anilines is 1. The summed E-state index contributed by atoms with van der Waals surface area (Å²) < 4.78 is 0. The van der Waals surface area contributed by atoms with E-state index < -0.39 is 0 Å². The van der Waals surface area contributed by atoms with Crippen molar-refractivity contribution in [2.24, 2.45) is 0 Å². The molecule has 23 heavy (non-hydrogen) atoms. The molecule has 0 unspecified atom stereocenters. The van der Waals surface area contributed by atoms with Crippen LogP contribution in [0.15, 0.2) is 18.2 Å². The van der Waals surface area contributed by atoms with Gasteiger partial charge in [0.1, 0.15) is 0 Å². The van der Waals surface area contributed by atoms with Crippen LogP contribution in [0.2, 0.25) is 0 Å². The Labute approximate surface area is 141 Å². The van der Waals surface area contributed by atoms with E-state index in [1.54, 1.807) is 0 Å². The SMILES string of the molecule is CC(C)c1cccc(C(C)C)c1NCC(=O)N1CCCCCC1. The molecule has 1 amide bonds. The first-order valence-electron chi connectivity index (χ1n) is 9.15. The molecule has 1 aliphatic heterocycles. The fourth-order valence-corrected chi connectivity index (χ4v) is 3.35. The summed E-state index contributed by atoms with van der Waals surface area (Å²) in [5.41, 5.74) is 3.78. The van der Waals surface area contributed by atoms with E-state index in [0.717, 1.165) is 25.9 Å². The molecule has 128 valence electrons. The summed E-state index contributed by atoms with van der Waals surface area (Å²) in [5, 5.41) is 3.47. The van der Waals surface area contributed by atoms with Crippen LogP contribution in [0.25, 0.3) is 0 Å². The zero-order valence-corrected chi connectivity index (χ0v) is 15.2. The second-order valence-electron chi connectivity index (χ2n) is 7.27. The molecule has 0 radical (unpaired) electrons. The summed E-state index contributed by atoms with van der Waals surface area (Å²) >= 11 is 0. The minimum atomic E-state index is 0.236. The van der Waals surface area contributed by atoms with E-state index in [2.05, 4.69) is 51.2 Å². The maximum atomic E-state index is 12.5. The van der Waals surface area contributed by atoms with E-state index in [1.165, 1.54) is 29.7 Å². The number of amides is 1. The number of hydrogen-bond acceptors (Lipinski definition) is 2. The van der Waals surface area contributed by atoms with Gasteiger partial charge in [-0.1, -0.05) is 58.7 Å². The fraction of sp³-hybridized carbons (Fsp3) is 0.650. The third-order valence-corrected chi connectivity index (χ3v) is 4.75. The molecule has 3 heteroatoms. The first-order valence-corrected chi connectivity index (χ1v) is 9.15. The molecule has 1 N–H and O–H groups in total. The smallest absolute Gasteiger partial charge is 0.241 e. The molecular weight excluding hydrogens is 284 g/mol. The van der Waals surface area contributed by atoms with Crippen LogP contribution in [0.1, 0.15) is 76.3 Å². The van der Waals surface area contributed by atoms with Crippen LogP contribution in [0, 0.1) is 0 Å². The second-order valence-corrected chi connectivity index (χ2v) is 7.27. The average Bonchev–Trinajstić information content (AvgIpc) is 2.81. The van der Waals surface area contributed by atoms with Gasteiger partial charge in [-0.15, -0.1) is 0 Å². The Hall–Kier alpha value is -1.51. The lowest BCUT2D eigenvalue weighted by Crippen LogP contribution is -2.36. The largest absolute Gasteiger partial charge is 0.376 e. The van der Waals surface area contributed by atoms with Crippen LogP contribution in [-0.2, 0) is 4.79 Å². The van der Waals surface area contributed by atoms with Crippen molar-refractivity contribution in [2.45, 2.75) is 65.2 Å². The van der Waals surface area contributed by atoms with Crippen molar-refractivity contribution in [1.29, 1.82) is 0 Å². The molecule has 3 nitrogen and oxygen atoms in total. The van der Waals surface area contributed by atoms with Gasteiger partial charge in [-0.25, -0.2) is 0 Å². The average molecular weight is 316 g/mol. The van der Waals surface area contributed by atoms with Crippen molar-refractivity contribution in [1.82, 2.24) is 4.90 Å². The Morgan fingerprint density at radius 2 is 1.52 bits per heavy atom. The van der Waals surface area contributed by atoms with Crippen LogP contribution >= 0.6 is 0 Å². The molecular formula is C20H32N2O. The van der Waals surface area contributed by atoms with Crippen LogP contribution in [0.4, 0.5) is 5.69 Å². The standard InChI is InChI=1S/C20H32N2O/c1-15(2)17-10-9-11-18(16(3)4)20(17)21-14-19(23)22-12-7-5-6-8-13-22/h9-11,15-16,21H,5-8,12-14H2,1-4H3. The number of hydrogen-bond donors (Lipinski definition) is 1. The van der Waals surface area contributed by atoms with Gasteiger partial charge >= 0.3 is 0 Å². The molecule has 0 spiro atoms. The molecule has 0 aromatic heterocycles. The van der Waals surface area contributed by atoms with Gasteiger partial charge in [-0.2, -0.15) is 0 Å². The number of nitrogens with zero attached hydrogens (tertiary/aromatic N) is 1. The lowest BCUT2D eigenvalue weighted by Gasteiger charge is -2.24. The van der Waals surface area contributed by atoms with Crippen LogP contribution in [0.3, 0.4) is 0 Å². The predicted octanol–water partition coefficient (Wildman–Crippen LogP) is 4.75. The maximum Gasteiger partial charge on any atom is 0.241 e. The lowest BCUT2D eigenvalue weighted by atomic mass is 9.92. The topological polar surface area (TPSA) is 32.3 Å². The molecule has 1 heterocycles. The Morgan fingerprint density at radius 1 is 1.00 bits per heavy atom. The summed E-state index contributed by atoms with van der Waals surface area (Å²) in [4.78, 5) is 14.6. The number of rotatable bonds is 5. The number of carbonyl (C=O) groups is 1. The maximum absolute atomic E-state index is 12.5. The van der Waals surface area contributed by atoms with E-state index >= 15 is 0 Å². The van der Waals surface area contributed by atoms with Crippen LogP contribution in [-0.4, -0.2) is 30.4 Å². The van der Waals surface area contributed by atoms with E-state index in [-0.39, 0.29) is 5.91 Å². The van der Waals surface area contributed by atoms with E-state index in [4.69, 9.17) is 0 Å². The van der Waals surface area contributed by atoms with Crippen molar-refractivity contribution >= 4 is 11.6 Å². The molecule has 1 aliphatic rings. The zero-order valence-electron chi connectivity index (χ0n) is 15.2. The lowest BCUT2D eigenvalue weighted by molar-refractivity contribution is -0.129. The van der Waals surface area contributed by atoms with E-state index in [1.807, 2.05) is 4.90 Å².